The van der Waals surface area contributed by atoms with E-state index in [-0.39, 0.29) is 18.7 Å². The van der Waals surface area contributed by atoms with Gasteiger partial charge in [-0.25, -0.2) is 4.39 Å². The molecule has 1 aliphatic heterocycles. The zero-order valence-electron chi connectivity index (χ0n) is 17.0. The lowest BCUT2D eigenvalue weighted by Gasteiger charge is -2.31. The molecule has 0 spiro atoms. The Morgan fingerprint density at radius 2 is 1.77 bits per heavy atom. The summed E-state index contributed by atoms with van der Waals surface area (Å²) in [5.74, 6) is -0.829. The molecule has 2 aromatic rings. The minimum Gasteiger partial charge on any atom is -0.367 e. The molecule has 0 bridgehead atoms. The number of rotatable bonds is 4. The topological polar surface area (TPSA) is 32.3 Å². The summed E-state index contributed by atoms with van der Waals surface area (Å²) in [6.45, 7) is 5.09. The molecule has 1 fully saturated rings. The Bertz CT molecular complexity index is 972. The molecule has 1 heterocycles. The Morgan fingerprint density at radius 3 is 2.37 bits per heavy atom. The summed E-state index contributed by atoms with van der Waals surface area (Å²) in [5, 5.41) is 2.70. The quantitative estimate of drug-likeness (QED) is 0.646. The first kappa shape index (κ1) is 20.7. The van der Waals surface area contributed by atoms with Crippen molar-refractivity contribution in [3.63, 3.8) is 0 Å². The van der Waals surface area contributed by atoms with Gasteiger partial charge in [0.2, 0.25) is 5.91 Å². The van der Waals surface area contributed by atoms with Crippen LogP contribution >= 0.6 is 0 Å². The van der Waals surface area contributed by atoms with E-state index in [1.165, 1.54) is 6.07 Å². The highest BCUT2D eigenvalue weighted by Gasteiger charge is 2.63. The van der Waals surface area contributed by atoms with Gasteiger partial charge in [0.1, 0.15) is 5.82 Å². The Balaban J connectivity index is 1.49. The first-order chi connectivity index (χ1) is 14.1. The fourth-order valence-electron chi connectivity index (χ4n) is 4.26. The van der Waals surface area contributed by atoms with Crippen molar-refractivity contribution < 1.29 is 22.4 Å². The van der Waals surface area contributed by atoms with Gasteiger partial charge in [0.25, 0.3) is 0 Å². The fourth-order valence-corrected chi connectivity index (χ4v) is 4.26. The van der Waals surface area contributed by atoms with Crippen LogP contribution < -0.4 is 10.2 Å². The van der Waals surface area contributed by atoms with Crippen molar-refractivity contribution in [2.75, 3.05) is 16.8 Å². The van der Waals surface area contributed by atoms with E-state index in [9.17, 15) is 22.4 Å². The van der Waals surface area contributed by atoms with Crippen LogP contribution in [0.25, 0.3) is 0 Å². The van der Waals surface area contributed by atoms with Crippen LogP contribution in [0.1, 0.15) is 41.5 Å². The third-order valence-electron chi connectivity index (χ3n) is 6.28. The highest BCUT2D eigenvalue weighted by molar-refractivity contribution is 5.93. The minimum atomic E-state index is -4.34. The highest BCUT2D eigenvalue weighted by atomic mass is 19.4. The molecule has 160 valence electrons. The molecular formula is C23H24F4N2O. The summed E-state index contributed by atoms with van der Waals surface area (Å²) in [6.07, 6.45) is -4.10. The lowest BCUT2D eigenvalue weighted by Crippen LogP contribution is -2.31. The summed E-state index contributed by atoms with van der Waals surface area (Å²) in [4.78, 5) is 14.5. The smallest absolute Gasteiger partial charge is 0.367 e. The lowest BCUT2D eigenvalue weighted by molar-refractivity contribution is -0.189. The van der Waals surface area contributed by atoms with E-state index in [0.717, 1.165) is 40.9 Å². The molecular weight excluding hydrogens is 396 g/mol. The molecule has 1 aliphatic carbocycles. The van der Waals surface area contributed by atoms with Crippen molar-refractivity contribution in [1.82, 2.24) is 0 Å². The van der Waals surface area contributed by atoms with Crippen LogP contribution in [0.5, 0.6) is 0 Å². The summed E-state index contributed by atoms with van der Waals surface area (Å²) in [7, 11) is 0. The van der Waals surface area contributed by atoms with Crippen molar-refractivity contribution in [2.24, 2.45) is 5.41 Å². The number of carbonyl (C=O) groups excluding carboxylic acids is 1. The fraction of sp³-hybridized carbons (Fsp3) is 0.435. The van der Waals surface area contributed by atoms with E-state index in [0.29, 0.717) is 12.2 Å². The van der Waals surface area contributed by atoms with Gasteiger partial charge in [-0.15, -0.1) is 0 Å². The van der Waals surface area contributed by atoms with E-state index in [1.54, 1.807) is 12.1 Å². The molecule has 0 radical (unpaired) electrons. The molecule has 0 atom stereocenters. The average Bonchev–Trinajstić information content (AvgIpc) is 3.45. The van der Waals surface area contributed by atoms with Gasteiger partial charge in [-0.3, -0.25) is 4.79 Å². The summed E-state index contributed by atoms with van der Waals surface area (Å²) >= 11 is 0. The second-order valence-corrected chi connectivity index (χ2v) is 8.54. The van der Waals surface area contributed by atoms with Crippen LogP contribution in [0.3, 0.4) is 0 Å². The number of carbonyl (C=O) groups is 1. The van der Waals surface area contributed by atoms with E-state index in [1.807, 2.05) is 26.0 Å². The van der Waals surface area contributed by atoms with Crippen molar-refractivity contribution in [3.05, 3.63) is 58.4 Å². The summed E-state index contributed by atoms with van der Waals surface area (Å²) < 4.78 is 52.8. The van der Waals surface area contributed by atoms with Gasteiger partial charge in [-0.2, -0.15) is 13.2 Å². The van der Waals surface area contributed by atoms with Crippen LogP contribution in [-0.4, -0.2) is 18.6 Å². The molecule has 1 saturated carbocycles. The van der Waals surface area contributed by atoms with E-state index < -0.39 is 23.9 Å². The maximum atomic E-state index is 13.4. The van der Waals surface area contributed by atoms with Crippen molar-refractivity contribution in [1.29, 1.82) is 0 Å². The number of nitrogens with zero attached hydrogens (tertiary/aromatic N) is 1. The number of halogens is 4. The third kappa shape index (κ3) is 3.89. The minimum absolute atomic E-state index is 0.0150. The van der Waals surface area contributed by atoms with Gasteiger partial charge in [-0.1, -0.05) is 6.07 Å². The van der Waals surface area contributed by atoms with Gasteiger partial charge < -0.3 is 10.2 Å². The monoisotopic (exact) mass is 420 g/mol. The number of aryl methyl sites for hydroxylation is 2. The second kappa shape index (κ2) is 7.29. The van der Waals surface area contributed by atoms with Crippen LogP contribution in [0.2, 0.25) is 0 Å². The number of alkyl halides is 3. The Morgan fingerprint density at radius 1 is 1.10 bits per heavy atom. The molecule has 30 heavy (non-hydrogen) atoms. The van der Waals surface area contributed by atoms with Crippen molar-refractivity contribution in [2.45, 2.75) is 52.3 Å². The molecule has 1 N–H and O–H groups in total. The second-order valence-electron chi connectivity index (χ2n) is 8.54. The standard InChI is InChI=1S/C23H24F4N2O/c1-14-9-19(29-8-5-16-11-18(24)4-3-17(16)13-29)10-15(2)21(14)28-20(30)12-22(6-7-22)23(25,26)27/h3-4,9-11H,5-8,12-13H2,1-2H3,(H,28,30). The molecule has 2 aliphatic rings. The first-order valence-electron chi connectivity index (χ1n) is 10.1. The predicted octanol–water partition coefficient (Wildman–Crippen LogP) is 5.68. The maximum Gasteiger partial charge on any atom is 0.395 e. The molecule has 0 aromatic heterocycles. The highest BCUT2D eigenvalue weighted by Crippen LogP contribution is 2.60. The van der Waals surface area contributed by atoms with E-state index in [4.69, 9.17) is 0 Å². The Labute approximate surface area is 173 Å². The van der Waals surface area contributed by atoms with Crippen LogP contribution in [0.4, 0.5) is 28.9 Å². The molecule has 1 amide bonds. The van der Waals surface area contributed by atoms with Gasteiger partial charge in [-0.05, 0) is 79.6 Å². The van der Waals surface area contributed by atoms with E-state index >= 15 is 0 Å². The van der Waals surface area contributed by atoms with Crippen LogP contribution in [0, 0.1) is 25.1 Å². The zero-order chi connectivity index (χ0) is 21.7. The van der Waals surface area contributed by atoms with Gasteiger partial charge >= 0.3 is 6.18 Å². The molecule has 2 aromatic carbocycles. The maximum absolute atomic E-state index is 13.4. The van der Waals surface area contributed by atoms with Crippen molar-refractivity contribution >= 4 is 17.3 Å². The largest absolute Gasteiger partial charge is 0.395 e. The predicted molar refractivity (Wildman–Crippen MR) is 108 cm³/mol. The SMILES string of the molecule is Cc1cc(N2CCc3cc(F)ccc3C2)cc(C)c1NC(=O)CC1(C(F)(F)F)CC1. The number of amides is 1. The average molecular weight is 420 g/mol. The Kier molecular flexibility index (Phi) is 5.03. The number of hydrogen-bond donors (Lipinski definition) is 1. The Hall–Kier alpha value is -2.57. The van der Waals surface area contributed by atoms with Crippen LogP contribution in [0.15, 0.2) is 30.3 Å². The van der Waals surface area contributed by atoms with E-state index in [2.05, 4.69) is 10.2 Å². The van der Waals surface area contributed by atoms with Gasteiger partial charge in [0, 0.05) is 30.9 Å². The van der Waals surface area contributed by atoms with Crippen molar-refractivity contribution in [3.8, 4) is 0 Å². The molecule has 0 unspecified atom stereocenters. The number of benzene rings is 2. The third-order valence-corrected chi connectivity index (χ3v) is 6.28. The summed E-state index contributed by atoms with van der Waals surface area (Å²) in [6, 6.07) is 8.72. The number of fused-ring (bicyclic) bond motifs is 1. The lowest BCUT2D eigenvalue weighted by atomic mass is 9.98. The van der Waals surface area contributed by atoms with Gasteiger partial charge in [0.05, 0.1) is 5.41 Å². The molecule has 0 saturated heterocycles. The normalized spacial score (nSPS) is 17.5. The molecule has 4 rings (SSSR count). The summed E-state index contributed by atoms with van der Waals surface area (Å²) in [5.41, 5.74) is 3.41. The zero-order valence-corrected chi connectivity index (χ0v) is 17.0. The number of anilines is 2. The van der Waals surface area contributed by atoms with Crippen LogP contribution in [-0.2, 0) is 17.8 Å². The molecule has 3 nitrogen and oxygen atoms in total. The van der Waals surface area contributed by atoms with Gasteiger partial charge in [0.15, 0.2) is 0 Å². The first-order valence-corrected chi connectivity index (χ1v) is 10.1. The number of hydrogen-bond acceptors (Lipinski definition) is 2. The molecule has 7 heteroatoms. The number of nitrogens with one attached hydrogen (secondary N) is 1.